The minimum absolute atomic E-state index is 0.565. The minimum atomic E-state index is 0.565. The maximum absolute atomic E-state index is 5.64. The van der Waals surface area contributed by atoms with Crippen molar-refractivity contribution < 1.29 is 0 Å². The number of benzene rings is 1. The maximum atomic E-state index is 5.64. The second-order valence-electron chi connectivity index (χ2n) is 4.01. The fourth-order valence-electron chi connectivity index (χ4n) is 2.10. The largest absolute Gasteiger partial charge is 0.326 e. The molecule has 0 spiro atoms. The van der Waals surface area contributed by atoms with E-state index < -0.39 is 0 Å². The molecule has 1 aromatic carbocycles. The van der Waals surface area contributed by atoms with E-state index in [1.807, 2.05) is 23.0 Å². The van der Waals surface area contributed by atoms with Crippen LogP contribution >= 0.6 is 0 Å². The quantitative estimate of drug-likeness (QED) is 0.782. The Morgan fingerprint density at radius 2 is 2.31 bits per heavy atom. The highest BCUT2D eigenvalue weighted by Crippen LogP contribution is 2.19. The molecule has 1 aromatic heterocycles. The van der Waals surface area contributed by atoms with Gasteiger partial charge < -0.3 is 11.1 Å². The third-order valence-electron chi connectivity index (χ3n) is 2.95. The first-order valence-corrected chi connectivity index (χ1v) is 5.44. The van der Waals surface area contributed by atoms with Crippen LogP contribution in [0.2, 0.25) is 0 Å². The predicted octanol–water partition coefficient (Wildman–Crippen LogP) is 0.934. The number of aromatic nitrogens is 2. The number of nitrogens with one attached hydrogen (secondary N) is 1. The molecule has 3 rings (SSSR count). The van der Waals surface area contributed by atoms with Crippen LogP contribution in [0.25, 0.3) is 5.69 Å². The molecule has 0 saturated carbocycles. The lowest BCUT2D eigenvalue weighted by molar-refractivity contribution is 0.711. The first kappa shape index (κ1) is 9.57. The molecule has 4 heteroatoms. The van der Waals surface area contributed by atoms with Crippen LogP contribution in [0, 0.1) is 0 Å². The molecule has 0 atom stereocenters. The van der Waals surface area contributed by atoms with Crippen LogP contribution in [0.15, 0.2) is 30.5 Å². The van der Waals surface area contributed by atoms with Crippen molar-refractivity contribution in [3.05, 3.63) is 47.3 Å². The molecule has 3 N–H and O–H groups in total. The van der Waals surface area contributed by atoms with Crippen molar-refractivity contribution in [2.75, 3.05) is 0 Å². The van der Waals surface area contributed by atoms with Crippen molar-refractivity contribution in [3.63, 3.8) is 0 Å². The molecule has 2 aromatic rings. The Bertz CT molecular complexity index is 515. The summed E-state index contributed by atoms with van der Waals surface area (Å²) in [5.74, 6) is 0. The Labute approximate surface area is 94.1 Å². The zero-order valence-electron chi connectivity index (χ0n) is 8.98. The maximum Gasteiger partial charge on any atom is 0.0652 e. The lowest BCUT2D eigenvalue weighted by Gasteiger charge is -2.06. The minimum Gasteiger partial charge on any atom is -0.326 e. The van der Waals surface area contributed by atoms with Gasteiger partial charge in [0.15, 0.2) is 0 Å². The topological polar surface area (TPSA) is 55.9 Å². The van der Waals surface area contributed by atoms with Crippen LogP contribution < -0.4 is 11.1 Å². The van der Waals surface area contributed by atoms with E-state index in [2.05, 4.69) is 22.5 Å². The summed E-state index contributed by atoms with van der Waals surface area (Å²) in [5.41, 5.74) is 10.4. The van der Waals surface area contributed by atoms with Gasteiger partial charge in [-0.1, -0.05) is 12.1 Å². The van der Waals surface area contributed by atoms with Crippen molar-refractivity contribution in [3.8, 4) is 5.69 Å². The van der Waals surface area contributed by atoms with Gasteiger partial charge in [0.2, 0.25) is 0 Å². The van der Waals surface area contributed by atoms with Crippen LogP contribution in [0.1, 0.15) is 16.8 Å². The van der Waals surface area contributed by atoms with Gasteiger partial charge in [0.25, 0.3) is 0 Å². The van der Waals surface area contributed by atoms with Crippen LogP contribution in [-0.4, -0.2) is 9.78 Å². The molecule has 16 heavy (non-hydrogen) atoms. The fourth-order valence-corrected chi connectivity index (χ4v) is 2.10. The van der Waals surface area contributed by atoms with Crippen molar-refractivity contribution in [1.82, 2.24) is 15.1 Å². The fraction of sp³-hybridized carbons (Fsp3) is 0.250. The van der Waals surface area contributed by atoms with Crippen molar-refractivity contribution in [2.45, 2.75) is 19.6 Å². The van der Waals surface area contributed by atoms with E-state index in [4.69, 9.17) is 5.73 Å². The van der Waals surface area contributed by atoms with E-state index in [0.29, 0.717) is 6.54 Å². The highest BCUT2D eigenvalue weighted by Gasteiger charge is 2.16. The molecule has 82 valence electrons. The molecule has 0 saturated heterocycles. The second-order valence-corrected chi connectivity index (χ2v) is 4.01. The summed E-state index contributed by atoms with van der Waals surface area (Å²) in [6.45, 7) is 2.38. The van der Waals surface area contributed by atoms with Crippen molar-refractivity contribution >= 4 is 0 Å². The Kier molecular flexibility index (Phi) is 2.23. The molecule has 1 aliphatic rings. The van der Waals surface area contributed by atoms with Gasteiger partial charge >= 0.3 is 0 Å². The molecule has 0 bridgehead atoms. The van der Waals surface area contributed by atoms with Gasteiger partial charge in [0.05, 0.1) is 17.6 Å². The summed E-state index contributed by atoms with van der Waals surface area (Å²) < 4.78 is 1.99. The summed E-state index contributed by atoms with van der Waals surface area (Å²) in [6, 6.07) is 8.20. The molecule has 0 unspecified atom stereocenters. The van der Waals surface area contributed by atoms with Gasteiger partial charge in [0, 0.05) is 25.2 Å². The van der Waals surface area contributed by atoms with E-state index in [0.717, 1.165) is 24.3 Å². The number of nitrogens with two attached hydrogens (primary N) is 1. The molecule has 1 aliphatic heterocycles. The average Bonchev–Trinajstić information content (AvgIpc) is 2.90. The van der Waals surface area contributed by atoms with Crippen LogP contribution in [0.4, 0.5) is 0 Å². The number of hydrogen-bond acceptors (Lipinski definition) is 3. The van der Waals surface area contributed by atoms with Crippen LogP contribution in [-0.2, 0) is 19.6 Å². The lowest BCUT2D eigenvalue weighted by atomic mass is 10.2. The number of hydrogen-bond donors (Lipinski definition) is 2. The zero-order valence-corrected chi connectivity index (χ0v) is 8.98. The number of rotatable bonds is 2. The molecule has 2 heterocycles. The van der Waals surface area contributed by atoms with Gasteiger partial charge in [-0.25, -0.2) is 4.68 Å². The summed E-state index contributed by atoms with van der Waals surface area (Å²) in [7, 11) is 0. The third kappa shape index (κ3) is 1.43. The molecule has 0 amide bonds. The summed E-state index contributed by atoms with van der Waals surface area (Å²) >= 11 is 0. The van der Waals surface area contributed by atoms with Gasteiger partial charge in [-0.15, -0.1) is 0 Å². The Balaban J connectivity index is 2.08. The van der Waals surface area contributed by atoms with Gasteiger partial charge in [0.1, 0.15) is 0 Å². The summed E-state index contributed by atoms with van der Waals surface area (Å²) in [5, 5.41) is 7.74. The number of fused-ring (bicyclic) bond motifs is 1. The average molecular weight is 214 g/mol. The van der Waals surface area contributed by atoms with E-state index >= 15 is 0 Å². The van der Waals surface area contributed by atoms with Crippen LogP contribution in [0.5, 0.6) is 0 Å². The molecular formula is C12H14N4. The van der Waals surface area contributed by atoms with Crippen molar-refractivity contribution in [2.24, 2.45) is 5.73 Å². The second kappa shape index (κ2) is 3.73. The number of nitrogens with zero attached hydrogens (tertiary/aromatic N) is 2. The monoisotopic (exact) mass is 214 g/mol. The third-order valence-corrected chi connectivity index (χ3v) is 2.95. The molecule has 0 radical (unpaired) electrons. The first-order valence-electron chi connectivity index (χ1n) is 5.44. The standard InChI is InChI=1S/C12H14N4/c13-5-9-2-1-3-11(4-9)16-12-8-14-6-10(12)7-15-16/h1-4,7,14H,5-6,8,13H2. The molecule has 0 fully saturated rings. The normalized spacial score (nSPS) is 14.1. The van der Waals surface area contributed by atoms with Gasteiger partial charge in [-0.05, 0) is 17.7 Å². The van der Waals surface area contributed by atoms with Crippen molar-refractivity contribution in [1.29, 1.82) is 0 Å². The first-order chi connectivity index (χ1) is 7.88. The molecular weight excluding hydrogens is 200 g/mol. The lowest BCUT2D eigenvalue weighted by Crippen LogP contribution is -2.07. The summed E-state index contributed by atoms with van der Waals surface area (Å²) in [6.07, 6.45) is 1.93. The Morgan fingerprint density at radius 3 is 3.19 bits per heavy atom. The molecule has 0 aliphatic carbocycles. The SMILES string of the molecule is NCc1cccc(-n2ncc3c2CNC3)c1. The van der Waals surface area contributed by atoms with E-state index in [1.165, 1.54) is 11.3 Å². The van der Waals surface area contributed by atoms with E-state index in [9.17, 15) is 0 Å². The highest BCUT2D eigenvalue weighted by atomic mass is 15.3. The smallest absolute Gasteiger partial charge is 0.0652 e. The Hall–Kier alpha value is -1.65. The Morgan fingerprint density at radius 1 is 1.38 bits per heavy atom. The van der Waals surface area contributed by atoms with E-state index in [-0.39, 0.29) is 0 Å². The van der Waals surface area contributed by atoms with Gasteiger partial charge in [-0.3, -0.25) is 0 Å². The van der Waals surface area contributed by atoms with E-state index in [1.54, 1.807) is 0 Å². The predicted molar refractivity (Wildman–Crippen MR) is 62.0 cm³/mol. The molecule has 4 nitrogen and oxygen atoms in total. The summed E-state index contributed by atoms with van der Waals surface area (Å²) in [4.78, 5) is 0. The highest BCUT2D eigenvalue weighted by molar-refractivity contribution is 5.39. The zero-order chi connectivity index (χ0) is 11.0. The van der Waals surface area contributed by atoms with Crippen LogP contribution in [0.3, 0.4) is 0 Å². The van der Waals surface area contributed by atoms with Gasteiger partial charge in [-0.2, -0.15) is 5.10 Å².